The fourth-order valence-corrected chi connectivity index (χ4v) is 3.32. The van der Waals surface area contributed by atoms with E-state index in [1.54, 1.807) is 33.8 Å². The third-order valence-electron chi connectivity index (χ3n) is 5.15. The molecule has 0 saturated heterocycles. The van der Waals surface area contributed by atoms with Crippen molar-refractivity contribution in [1.29, 1.82) is 5.26 Å². The van der Waals surface area contributed by atoms with E-state index >= 15 is 0 Å². The number of halogens is 1. The minimum Gasteiger partial charge on any atom is -0.449 e. The van der Waals surface area contributed by atoms with Crippen LogP contribution in [0, 0.1) is 17.2 Å². The van der Waals surface area contributed by atoms with Crippen molar-refractivity contribution >= 4 is 23.5 Å². The summed E-state index contributed by atoms with van der Waals surface area (Å²) in [7, 11) is 0. The lowest BCUT2D eigenvalue weighted by Gasteiger charge is -2.31. The average Bonchev–Trinajstić information content (AvgIpc) is 2.72. The summed E-state index contributed by atoms with van der Waals surface area (Å²) >= 11 is 6.02. The van der Waals surface area contributed by atoms with Crippen molar-refractivity contribution in [3.63, 3.8) is 0 Å². The highest BCUT2D eigenvalue weighted by Gasteiger charge is 2.35. The molecule has 1 N–H and O–H groups in total. The zero-order valence-electron chi connectivity index (χ0n) is 18.6. The maximum absolute atomic E-state index is 12.9. The van der Waals surface area contributed by atoms with Crippen LogP contribution in [0.25, 0.3) is 0 Å². The molecule has 0 bridgehead atoms. The Morgan fingerprint density at radius 1 is 1.13 bits per heavy atom. The van der Waals surface area contributed by atoms with E-state index in [2.05, 4.69) is 11.4 Å². The van der Waals surface area contributed by atoms with Gasteiger partial charge in [0.1, 0.15) is 0 Å². The van der Waals surface area contributed by atoms with Crippen molar-refractivity contribution in [2.45, 2.75) is 58.6 Å². The molecule has 1 amide bonds. The maximum atomic E-state index is 12.9. The summed E-state index contributed by atoms with van der Waals surface area (Å²) in [5.41, 5.74) is 1.26. The van der Waals surface area contributed by atoms with Gasteiger partial charge in [0.05, 0.1) is 17.6 Å². The molecule has 0 radical (unpaired) electrons. The molecule has 5 nitrogen and oxygen atoms in total. The SMILES string of the molecule is CC(C)C(=O)OC(C)(C)C(=O)N[C@@H](C)[C@@H](Cc1ccc(Cl)cc1)c1cccc(C#N)c1. The fourth-order valence-electron chi connectivity index (χ4n) is 3.19. The highest BCUT2D eigenvalue weighted by atomic mass is 35.5. The number of hydrogen-bond donors (Lipinski definition) is 1. The van der Waals surface area contributed by atoms with Crippen molar-refractivity contribution in [2.75, 3.05) is 0 Å². The number of benzene rings is 2. The Morgan fingerprint density at radius 3 is 2.35 bits per heavy atom. The second-order valence-corrected chi connectivity index (χ2v) is 8.96. The van der Waals surface area contributed by atoms with Crippen LogP contribution in [0.5, 0.6) is 0 Å². The summed E-state index contributed by atoms with van der Waals surface area (Å²) in [6.45, 7) is 8.53. The second-order valence-electron chi connectivity index (χ2n) is 8.52. The predicted molar refractivity (Wildman–Crippen MR) is 122 cm³/mol. The summed E-state index contributed by atoms with van der Waals surface area (Å²) in [6.07, 6.45) is 0.639. The average molecular weight is 441 g/mol. The number of nitrogens with zero attached hydrogens (tertiary/aromatic N) is 1. The lowest BCUT2D eigenvalue weighted by Crippen LogP contribution is -2.50. The van der Waals surface area contributed by atoms with Gasteiger partial charge in [0.25, 0.3) is 5.91 Å². The number of hydrogen-bond acceptors (Lipinski definition) is 4. The molecule has 0 aliphatic heterocycles. The second kappa shape index (κ2) is 10.5. The standard InChI is InChI=1S/C25H29ClN2O3/c1-16(2)23(29)31-25(4,5)24(30)28-17(3)22(14-18-9-11-21(26)12-10-18)20-8-6-7-19(13-20)15-27/h6-13,16-17,22H,14H2,1-5H3,(H,28,30)/t17-,22+/m0/s1. The molecular formula is C25H29ClN2O3. The molecule has 31 heavy (non-hydrogen) atoms. The van der Waals surface area contributed by atoms with Crippen LogP contribution >= 0.6 is 11.6 Å². The van der Waals surface area contributed by atoms with Crippen LogP contribution in [-0.2, 0) is 20.7 Å². The Labute approximate surface area is 189 Å². The Bertz CT molecular complexity index is 961. The van der Waals surface area contributed by atoms with E-state index in [0.717, 1.165) is 11.1 Å². The van der Waals surface area contributed by atoms with Gasteiger partial charge in [-0.1, -0.05) is 49.7 Å². The number of nitriles is 1. The molecule has 0 unspecified atom stereocenters. The van der Waals surface area contributed by atoms with Crippen molar-refractivity contribution in [1.82, 2.24) is 5.32 Å². The Balaban J connectivity index is 2.27. The van der Waals surface area contributed by atoms with E-state index in [1.165, 1.54) is 0 Å². The minimum absolute atomic E-state index is 0.102. The highest BCUT2D eigenvalue weighted by Crippen LogP contribution is 2.27. The molecule has 2 atom stereocenters. The summed E-state index contributed by atoms with van der Waals surface area (Å²) in [5.74, 6) is -1.22. The largest absolute Gasteiger partial charge is 0.449 e. The van der Waals surface area contributed by atoms with Crippen LogP contribution < -0.4 is 5.32 Å². The lowest BCUT2D eigenvalue weighted by atomic mass is 9.85. The van der Waals surface area contributed by atoms with Gasteiger partial charge in [-0.05, 0) is 62.6 Å². The summed E-state index contributed by atoms with van der Waals surface area (Å²) < 4.78 is 5.41. The zero-order chi connectivity index (χ0) is 23.2. The normalized spacial score (nSPS) is 13.2. The van der Waals surface area contributed by atoms with Gasteiger partial charge < -0.3 is 10.1 Å². The third-order valence-corrected chi connectivity index (χ3v) is 5.40. The van der Waals surface area contributed by atoms with Crippen molar-refractivity contribution in [3.05, 3.63) is 70.2 Å². The quantitative estimate of drug-likeness (QED) is 0.584. The summed E-state index contributed by atoms with van der Waals surface area (Å²) in [4.78, 5) is 24.9. The number of ether oxygens (including phenoxy) is 1. The molecule has 2 aromatic carbocycles. The van der Waals surface area contributed by atoms with Crippen LogP contribution in [0.15, 0.2) is 48.5 Å². The van der Waals surface area contributed by atoms with Gasteiger partial charge in [0, 0.05) is 17.0 Å². The molecule has 6 heteroatoms. The third kappa shape index (κ3) is 6.83. The Morgan fingerprint density at radius 2 is 1.77 bits per heavy atom. The van der Waals surface area contributed by atoms with E-state index in [0.29, 0.717) is 17.0 Å². The van der Waals surface area contributed by atoms with Gasteiger partial charge in [-0.2, -0.15) is 5.26 Å². The molecule has 0 saturated carbocycles. The summed E-state index contributed by atoms with van der Waals surface area (Å²) in [5, 5.41) is 13.0. The zero-order valence-corrected chi connectivity index (χ0v) is 19.4. The first kappa shape index (κ1) is 24.4. The van der Waals surface area contributed by atoms with Crippen LogP contribution in [0.4, 0.5) is 0 Å². The van der Waals surface area contributed by atoms with E-state index in [1.807, 2.05) is 49.4 Å². The predicted octanol–water partition coefficient (Wildman–Crippen LogP) is 5.02. The Hall–Kier alpha value is -2.84. The van der Waals surface area contributed by atoms with E-state index in [4.69, 9.17) is 16.3 Å². The smallest absolute Gasteiger partial charge is 0.309 e. The maximum Gasteiger partial charge on any atom is 0.309 e. The van der Waals surface area contributed by atoms with Gasteiger partial charge in [-0.3, -0.25) is 9.59 Å². The van der Waals surface area contributed by atoms with E-state index in [9.17, 15) is 14.9 Å². The molecule has 2 aromatic rings. The van der Waals surface area contributed by atoms with Gasteiger partial charge in [0.15, 0.2) is 5.60 Å². The van der Waals surface area contributed by atoms with Gasteiger partial charge in [0.2, 0.25) is 0 Å². The van der Waals surface area contributed by atoms with Crippen LogP contribution in [0.2, 0.25) is 5.02 Å². The first-order valence-corrected chi connectivity index (χ1v) is 10.7. The number of carbonyl (C=O) groups is 2. The minimum atomic E-state index is -1.30. The molecule has 0 aliphatic carbocycles. The number of nitrogens with one attached hydrogen (secondary N) is 1. The number of rotatable bonds is 8. The first-order chi connectivity index (χ1) is 14.5. The number of carbonyl (C=O) groups excluding carboxylic acids is 2. The van der Waals surface area contributed by atoms with E-state index in [-0.39, 0.29) is 23.8 Å². The fraction of sp³-hybridized carbons (Fsp3) is 0.400. The molecule has 0 spiro atoms. The molecule has 0 aliphatic rings. The van der Waals surface area contributed by atoms with Crippen molar-refractivity contribution in [3.8, 4) is 6.07 Å². The van der Waals surface area contributed by atoms with E-state index < -0.39 is 11.6 Å². The topological polar surface area (TPSA) is 79.2 Å². The van der Waals surface area contributed by atoms with Gasteiger partial charge >= 0.3 is 5.97 Å². The first-order valence-electron chi connectivity index (χ1n) is 10.3. The molecule has 164 valence electrons. The van der Waals surface area contributed by atoms with Crippen LogP contribution in [-0.4, -0.2) is 23.5 Å². The molecule has 0 fully saturated rings. The molecule has 0 aromatic heterocycles. The summed E-state index contributed by atoms with van der Waals surface area (Å²) in [6, 6.07) is 16.8. The van der Waals surface area contributed by atoms with Crippen molar-refractivity contribution in [2.24, 2.45) is 5.92 Å². The number of amides is 1. The number of esters is 1. The highest BCUT2D eigenvalue weighted by molar-refractivity contribution is 6.30. The van der Waals surface area contributed by atoms with Crippen LogP contribution in [0.1, 0.15) is 57.2 Å². The van der Waals surface area contributed by atoms with Gasteiger partial charge in [-0.25, -0.2) is 0 Å². The molecule has 2 rings (SSSR count). The van der Waals surface area contributed by atoms with Crippen LogP contribution in [0.3, 0.4) is 0 Å². The lowest BCUT2D eigenvalue weighted by molar-refractivity contribution is -0.168. The molecular weight excluding hydrogens is 412 g/mol. The van der Waals surface area contributed by atoms with Crippen molar-refractivity contribution < 1.29 is 14.3 Å². The van der Waals surface area contributed by atoms with Gasteiger partial charge in [-0.15, -0.1) is 0 Å². The Kier molecular flexibility index (Phi) is 8.24. The monoisotopic (exact) mass is 440 g/mol. The molecule has 0 heterocycles.